The van der Waals surface area contributed by atoms with E-state index >= 15 is 0 Å². The van der Waals surface area contributed by atoms with E-state index in [9.17, 15) is 4.79 Å². The van der Waals surface area contributed by atoms with E-state index in [0.717, 1.165) is 0 Å². The van der Waals surface area contributed by atoms with Crippen molar-refractivity contribution in [3.63, 3.8) is 0 Å². The van der Waals surface area contributed by atoms with E-state index in [4.69, 9.17) is 21.2 Å². The van der Waals surface area contributed by atoms with Crippen LogP contribution in [-0.2, 0) is 11.2 Å². The Morgan fingerprint density at radius 1 is 1.69 bits per heavy atom. The van der Waals surface area contributed by atoms with Crippen LogP contribution >= 0.6 is 11.6 Å². The molecular weight excluding hydrogens is 232 g/mol. The molecular formula is C10H15ClN2O3. The van der Waals surface area contributed by atoms with Crippen molar-refractivity contribution < 1.29 is 14.4 Å². The van der Waals surface area contributed by atoms with Crippen molar-refractivity contribution >= 4 is 17.5 Å². The van der Waals surface area contributed by atoms with Crippen molar-refractivity contribution in [2.24, 2.45) is 0 Å². The molecule has 0 radical (unpaired) electrons. The number of carbonyl (C=O) groups excluding carboxylic acids is 1. The van der Waals surface area contributed by atoms with E-state index in [0.29, 0.717) is 24.2 Å². The maximum absolute atomic E-state index is 11.5. The standard InChI is InChI=1S/C10H15ClN2O3/c1-6(14)3-4-12-9(15)5-8-7(2)13-16-10(8)11/h6,14H,3-5H2,1-2H3,(H,12,15). The van der Waals surface area contributed by atoms with Gasteiger partial charge in [-0.15, -0.1) is 0 Å². The van der Waals surface area contributed by atoms with Gasteiger partial charge in [0.05, 0.1) is 18.2 Å². The van der Waals surface area contributed by atoms with Crippen molar-refractivity contribution in [3.8, 4) is 0 Å². The molecule has 0 aromatic carbocycles. The molecule has 1 unspecified atom stereocenters. The number of aryl methyl sites for hydroxylation is 1. The number of aliphatic hydroxyl groups is 1. The van der Waals surface area contributed by atoms with Crippen molar-refractivity contribution in [2.75, 3.05) is 6.54 Å². The highest BCUT2D eigenvalue weighted by Crippen LogP contribution is 2.19. The van der Waals surface area contributed by atoms with E-state index in [1.165, 1.54) is 0 Å². The highest BCUT2D eigenvalue weighted by molar-refractivity contribution is 6.29. The summed E-state index contributed by atoms with van der Waals surface area (Å²) in [5, 5.41) is 15.5. The Morgan fingerprint density at radius 3 is 2.88 bits per heavy atom. The molecule has 1 rings (SSSR count). The summed E-state index contributed by atoms with van der Waals surface area (Å²) >= 11 is 5.72. The summed E-state index contributed by atoms with van der Waals surface area (Å²) in [5.74, 6) is -0.158. The normalized spacial score (nSPS) is 12.5. The van der Waals surface area contributed by atoms with Gasteiger partial charge in [-0.2, -0.15) is 0 Å². The van der Waals surface area contributed by atoms with Crippen LogP contribution in [0.2, 0.25) is 5.22 Å². The first-order valence-corrected chi connectivity index (χ1v) is 5.44. The van der Waals surface area contributed by atoms with Crippen LogP contribution in [0.4, 0.5) is 0 Å². The fourth-order valence-corrected chi connectivity index (χ4v) is 1.44. The summed E-state index contributed by atoms with van der Waals surface area (Å²) in [4.78, 5) is 11.5. The topological polar surface area (TPSA) is 75.4 Å². The quantitative estimate of drug-likeness (QED) is 0.815. The number of halogens is 1. The zero-order chi connectivity index (χ0) is 12.1. The molecule has 5 nitrogen and oxygen atoms in total. The number of hydrogen-bond donors (Lipinski definition) is 2. The SMILES string of the molecule is Cc1noc(Cl)c1CC(=O)NCCC(C)O. The van der Waals surface area contributed by atoms with Gasteiger partial charge in [-0.1, -0.05) is 5.16 Å². The third kappa shape index (κ3) is 3.83. The Hall–Kier alpha value is -1.07. The van der Waals surface area contributed by atoms with Gasteiger partial charge < -0.3 is 14.9 Å². The molecule has 1 aromatic rings. The van der Waals surface area contributed by atoms with Crippen molar-refractivity contribution in [1.29, 1.82) is 0 Å². The zero-order valence-corrected chi connectivity index (χ0v) is 10.0. The van der Waals surface area contributed by atoms with Gasteiger partial charge in [0.15, 0.2) is 0 Å². The number of amides is 1. The van der Waals surface area contributed by atoms with Crippen LogP contribution in [-0.4, -0.2) is 28.8 Å². The second-order valence-electron chi connectivity index (χ2n) is 3.68. The summed E-state index contributed by atoms with van der Waals surface area (Å²) in [7, 11) is 0. The molecule has 1 atom stereocenters. The Labute approximate surface area is 98.8 Å². The van der Waals surface area contributed by atoms with Crippen molar-refractivity contribution in [2.45, 2.75) is 32.8 Å². The number of carbonyl (C=O) groups is 1. The third-order valence-corrected chi connectivity index (χ3v) is 2.46. The first kappa shape index (κ1) is 13.0. The smallest absolute Gasteiger partial charge is 0.229 e. The van der Waals surface area contributed by atoms with Gasteiger partial charge in [0, 0.05) is 12.1 Å². The molecule has 0 aliphatic carbocycles. The first-order valence-electron chi connectivity index (χ1n) is 5.06. The van der Waals surface area contributed by atoms with E-state index in [1.807, 2.05) is 0 Å². The van der Waals surface area contributed by atoms with Crippen LogP contribution in [0, 0.1) is 6.92 Å². The maximum atomic E-state index is 11.5. The molecule has 0 bridgehead atoms. The van der Waals surface area contributed by atoms with Crippen molar-refractivity contribution in [1.82, 2.24) is 10.5 Å². The second-order valence-corrected chi connectivity index (χ2v) is 4.03. The summed E-state index contributed by atoms with van der Waals surface area (Å²) in [6.07, 6.45) is 0.261. The Morgan fingerprint density at radius 2 is 2.38 bits per heavy atom. The lowest BCUT2D eigenvalue weighted by molar-refractivity contribution is -0.120. The maximum Gasteiger partial charge on any atom is 0.229 e. The molecule has 6 heteroatoms. The molecule has 1 amide bonds. The number of rotatable bonds is 5. The van der Waals surface area contributed by atoms with Crippen LogP contribution in [0.15, 0.2) is 4.52 Å². The van der Waals surface area contributed by atoms with Gasteiger partial charge in [0.25, 0.3) is 0 Å². The largest absolute Gasteiger partial charge is 0.393 e. The van der Waals surface area contributed by atoms with E-state index in [-0.39, 0.29) is 17.5 Å². The lowest BCUT2D eigenvalue weighted by atomic mass is 10.2. The number of nitrogens with zero attached hydrogens (tertiary/aromatic N) is 1. The highest BCUT2D eigenvalue weighted by atomic mass is 35.5. The summed E-state index contributed by atoms with van der Waals surface area (Å²) < 4.78 is 4.73. The van der Waals surface area contributed by atoms with Crippen LogP contribution in [0.25, 0.3) is 0 Å². The minimum absolute atomic E-state index is 0.147. The molecule has 90 valence electrons. The molecule has 1 aromatic heterocycles. The minimum Gasteiger partial charge on any atom is -0.393 e. The molecule has 16 heavy (non-hydrogen) atoms. The van der Waals surface area contributed by atoms with Crippen LogP contribution < -0.4 is 5.32 Å². The van der Waals surface area contributed by atoms with Gasteiger partial charge in [-0.05, 0) is 31.9 Å². The average molecular weight is 247 g/mol. The van der Waals surface area contributed by atoms with Crippen molar-refractivity contribution in [3.05, 3.63) is 16.5 Å². The van der Waals surface area contributed by atoms with E-state index in [2.05, 4.69) is 10.5 Å². The zero-order valence-electron chi connectivity index (χ0n) is 9.29. The molecule has 0 saturated carbocycles. The van der Waals surface area contributed by atoms with Crippen LogP contribution in [0.5, 0.6) is 0 Å². The summed E-state index contributed by atoms with van der Waals surface area (Å²) in [6.45, 7) is 3.85. The number of hydrogen-bond acceptors (Lipinski definition) is 4. The highest BCUT2D eigenvalue weighted by Gasteiger charge is 2.14. The molecule has 0 saturated heterocycles. The predicted octanol–water partition coefficient (Wildman–Crippen LogP) is 1.07. The van der Waals surface area contributed by atoms with Crippen LogP contribution in [0.3, 0.4) is 0 Å². The lowest BCUT2D eigenvalue weighted by Gasteiger charge is -2.06. The monoisotopic (exact) mass is 246 g/mol. The van der Waals surface area contributed by atoms with Gasteiger partial charge >= 0.3 is 0 Å². The Kier molecular flexibility index (Phi) is 4.76. The molecule has 1 heterocycles. The van der Waals surface area contributed by atoms with Crippen LogP contribution in [0.1, 0.15) is 24.6 Å². The molecule has 0 aliphatic heterocycles. The number of aromatic nitrogens is 1. The summed E-state index contributed by atoms with van der Waals surface area (Å²) in [5.41, 5.74) is 1.23. The third-order valence-electron chi connectivity index (χ3n) is 2.16. The molecule has 0 aliphatic rings. The second kappa shape index (κ2) is 5.86. The predicted molar refractivity (Wildman–Crippen MR) is 59.3 cm³/mol. The fraction of sp³-hybridized carbons (Fsp3) is 0.600. The fourth-order valence-electron chi connectivity index (χ4n) is 1.20. The van der Waals surface area contributed by atoms with E-state index in [1.54, 1.807) is 13.8 Å². The number of nitrogens with one attached hydrogen (secondary N) is 1. The van der Waals surface area contributed by atoms with Gasteiger partial charge in [0.2, 0.25) is 11.1 Å². The molecule has 0 fully saturated rings. The van der Waals surface area contributed by atoms with E-state index < -0.39 is 6.10 Å². The Balaban J connectivity index is 2.40. The molecule has 0 spiro atoms. The summed E-state index contributed by atoms with van der Waals surface area (Å²) in [6, 6.07) is 0. The Bertz CT molecular complexity index is 343. The molecule has 2 N–H and O–H groups in total. The van der Waals surface area contributed by atoms with Gasteiger partial charge in [-0.25, -0.2) is 0 Å². The van der Waals surface area contributed by atoms with Gasteiger partial charge in [-0.3, -0.25) is 4.79 Å². The minimum atomic E-state index is -0.416. The average Bonchev–Trinajstić information content (AvgIpc) is 2.49. The lowest BCUT2D eigenvalue weighted by Crippen LogP contribution is -2.28. The van der Waals surface area contributed by atoms with Gasteiger partial charge in [0.1, 0.15) is 0 Å². The number of aliphatic hydroxyl groups excluding tert-OH is 1. The first-order chi connectivity index (χ1) is 7.50.